The average molecular weight is 369 g/mol. The molecule has 140 valence electrons. The van der Waals surface area contributed by atoms with Gasteiger partial charge in [-0.05, 0) is 18.6 Å². The lowest BCUT2D eigenvalue weighted by Gasteiger charge is -2.35. The average Bonchev–Trinajstić information content (AvgIpc) is 3.06. The molecule has 1 aliphatic rings. The summed E-state index contributed by atoms with van der Waals surface area (Å²) in [7, 11) is 1.88. The van der Waals surface area contributed by atoms with E-state index in [1.54, 1.807) is 24.1 Å². The third-order valence-corrected chi connectivity index (χ3v) is 4.78. The Morgan fingerprint density at radius 3 is 2.85 bits per heavy atom. The van der Waals surface area contributed by atoms with E-state index < -0.39 is 11.2 Å². The molecule has 3 aromatic rings. The summed E-state index contributed by atoms with van der Waals surface area (Å²) in [5, 5.41) is 3.55. The van der Waals surface area contributed by atoms with Crippen LogP contribution in [0.15, 0.2) is 28.0 Å². The normalized spacial score (nSPS) is 17.4. The molecule has 3 N–H and O–H groups in total. The smallest absolute Gasteiger partial charge is 0.327 e. The first-order chi connectivity index (χ1) is 13.0. The van der Waals surface area contributed by atoms with Crippen molar-refractivity contribution in [1.82, 2.24) is 34.7 Å². The number of H-pyrrole nitrogens is 2. The third kappa shape index (κ3) is 2.93. The number of pyridine rings is 1. The first kappa shape index (κ1) is 17.2. The molecule has 4 rings (SSSR count). The van der Waals surface area contributed by atoms with Gasteiger partial charge in [0.25, 0.3) is 11.5 Å². The topological polar surface area (TPSA) is 129 Å². The molecule has 10 heteroatoms. The van der Waals surface area contributed by atoms with E-state index in [9.17, 15) is 14.4 Å². The number of nitrogens with one attached hydrogen (secondary N) is 3. The Morgan fingerprint density at radius 2 is 2.11 bits per heavy atom. The van der Waals surface area contributed by atoms with Gasteiger partial charge in [0, 0.05) is 39.1 Å². The Balaban J connectivity index is 1.78. The minimum atomic E-state index is -0.656. The summed E-state index contributed by atoms with van der Waals surface area (Å²) in [6.45, 7) is 3.46. The van der Waals surface area contributed by atoms with E-state index in [1.807, 2.05) is 17.8 Å². The van der Waals surface area contributed by atoms with Crippen molar-refractivity contribution in [2.24, 2.45) is 7.05 Å². The number of carbonyl (C=O) groups excluding carboxylic acids is 1. The molecule has 0 aliphatic carbocycles. The summed E-state index contributed by atoms with van der Waals surface area (Å²) in [6, 6.07) is 1.35. The van der Waals surface area contributed by atoms with Crippen LogP contribution in [0.1, 0.15) is 27.9 Å². The minimum Gasteiger partial charge on any atom is -0.336 e. The van der Waals surface area contributed by atoms with E-state index in [4.69, 9.17) is 0 Å². The van der Waals surface area contributed by atoms with Crippen LogP contribution in [0.2, 0.25) is 0 Å². The fraction of sp³-hybridized carbons (Fsp3) is 0.353. The fourth-order valence-electron chi connectivity index (χ4n) is 3.49. The molecule has 1 aliphatic heterocycles. The van der Waals surface area contributed by atoms with Crippen molar-refractivity contribution in [3.05, 3.63) is 56.4 Å². The van der Waals surface area contributed by atoms with E-state index in [-0.39, 0.29) is 28.7 Å². The number of rotatable bonds is 2. The van der Waals surface area contributed by atoms with Crippen molar-refractivity contribution >= 4 is 16.9 Å². The zero-order valence-electron chi connectivity index (χ0n) is 14.9. The summed E-state index contributed by atoms with van der Waals surface area (Å²) in [4.78, 5) is 51.8. The van der Waals surface area contributed by atoms with Gasteiger partial charge in [0.15, 0.2) is 0 Å². The molecule has 27 heavy (non-hydrogen) atoms. The number of imidazole rings is 1. The zero-order valence-corrected chi connectivity index (χ0v) is 14.9. The highest BCUT2D eigenvalue weighted by molar-refractivity contribution is 5.95. The molecule has 1 unspecified atom stereocenters. The van der Waals surface area contributed by atoms with Crippen LogP contribution in [0.5, 0.6) is 0 Å². The summed E-state index contributed by atoms with van der Waals surface area (Å²) < 4.78 is 1.88. The van der Waals surface area contributed by atoms with Crippen LogP contribution in [-0.4, -0.2) is 54.9 Å². The second kappa shape index (κ2) is 6.47. The number of piperazine rings is 1. The van der Waals surface area contributed by atoms with E-state index in [1.165, 1.54) is 0 Å². The van der Waals surface area contributed by atoms with Gasteiger partial charge in [-0.15, -0.1) is 0 Å². The maximum absolute atomic E-state index is 13.2. The van der Waals surface area contributed by atoms with Crippen LogP contribution in [0.3, 0.4) is 0 Å². The van der Waals surface area contributed by atoms with Crippen LogP contribution in [-0.2, 0) is 7.05 Å². The maximum Gasteiger partial charge on any atom is 0.327 e. The Labute approximate surface area is 153 Å². The van der Waals surface area contributed by atoms with Gasteiger partial charge in [0.2, 0.25) is 0 Å². The van der Waals surface area contributed by atoms with Crippen LogP contribution in [0.25, 0.3) is 11.0 Å². The number of aryl methyl sites for hydroxylation is 2. The highest BCUT2D eigenvalue weighted by Crippen LogP contribution is 2.23. The Hall–Kier alpha value is -3.27. The first-order valence-electron chi connectivity index (χ1n) is 8.58. The molecule has 1 saturated heterocycles. The fourth-order valence-corrected chi connectivity index (χ4v) is 3.49. The zero-order chi connectivity index (χ0) is 19.1. The van der Waals surface area contributed by atoms with Crippen molar-refractivity contribution in [1.29, 1.82) is 0 Å². The number of aromatic amines is 2. The Bertz CT molecular complexity index is 1140. The molecular weight excluding hydrogens is 350 g/mol. The number of nitrogens with zero attached hydrogens (tertiary/aromatic N) is 4. The van der Waals surface area contributed by atoms with Gasteiger partial charge in [-0.1, -0.05) is 0 Å². The second-order valence-electron chi connectivity index (χ2n) is 6.57. The first-order valence-corrected chi connectivity index (χ1v) is 8.58. The predicted octanol–water partition coefficient (Wildman–Crippen LogP) is -0.560. The quantitative estimate of drug-likeness (QED) is 0.555. The van der Waals surface area contributed by atoms with E-state index in [0.29, 0.717) is 25.2 Å². The van der Waals surface area contributed by atoms with Crippen molar-refractivity contribution in [3.63, 3.8) is 0 Å². The SMILES string of the molecule is Cc1cc(C(=O)N2CCNCC2c2nccn2C)nc2[nH]c(=O)[nH]c(=O)c12. The number of aromatic nitrogens is 5. The molecule has 0 saturated carbocycles. The minimum absolute atomic E-state index is 0.107. The number of carbonyl (C=O) groups is 1. The summed E-state index contributed by atoms with van der Waals surface area (Å²) in [6.07, 6.45) is 3.53. The lowest BCUT2D eigenvalue weighted by atomic mass is 10.1. The van der Waals surface area contributed by atoms with Crippen molar-refractivity contribution < 1.29 is 4.79 Å². The Morgan fingerprint density at radius 1 is 1.30 bits per heavy atom. The van der Waals surface area contributed by atoms with Crippen LogP contribution in [0, 0.1) is 6.92 Å². The molecule has 1 atom stereocenters. The van der Waals surface area contributed by atoms with Gasteiger partial charge in [-0.25, -0.2) is 14.8 Å². The lowest BCUT2D eigenvalue weighted by Crippen LogP contribution is -2.49. The molecule has 1 amide bonds. The van der Waals surface area contributed by atoms with Crippen LogP contribution in [0.4, 0.5) is 0 Å². The lowest BCUT2D eigenvalue weighted by molar-refractivity contribution is 0.0615. The van der Waals surface area contributed by atoms with E-state index in [0.717, 1.165) is 5.82 Å². The van der Waals surface area contributed by atoms with Gasteiger partial charge < -0.3 is 14.8 Å². The number of hydrogen-bond acceptors (Lipinski definition) is 6. The maximum atomic E-state index is 13.2. The number of amides is 1. The van der Waals surface area contributed by atoms with Crippen molar-refractivity contribution in [3.8, 4) is 0 Å². The monoisotopic (exact) mass is 369 g/mol. The van der Waals surface area contributed by atoms with Crippen LogP contribution < -0.4 is 16.6 Å². The number of hydrogen-bond donors (Lipinski definition) is 3. The molecule has 3 aromatic heterocycles. The third-order valence-electron chi connectivity index (χ3n) is 4.78. The summed E-state index contributed by atoms with van der Waals surface area (Å²) in [5.41, 5.74) is -0.314. The predicted molar refractivity (Wildman–Crippen MR) is 97.6 cm³/mol. The largest absolute Gasteiger partial charge is 0.336 e. The van der Waals surface area contributed by atoms with Crippen molar-refractivity contribution in [2.75, 3.05) is 19.6 Å². The standard InChI is InChI=1S/C17H19N7O3/c1-9-7-10(20-13-12(9)15(25)22-17(27)21-13)16(26)24-6-3-18-8-11(24)14-19-4-5-23(14)2/h4-5,7,11,18H,3,6,8H2,1-2H3,(H2,20,21,22,25,27). The molecule has 0 radical (unpaired) electrons. The number of fused-ring (bicyclic) bond motifs is 1. The molecule has 10 nitrogen and oxygen atoms in total. The molecule has 4 heterocycles. The molecular formula is C17H19N7O3. The Kier molecular flexibility index (Phi) is 4.11. The highest BCUT2D eigenvalue weighted by atomic mass is 16.2. The summed E-state index contributed by atoms with van der Waals surface area (Å²) in [5.74, 6) is 0.508. The van der Waals surface area contributed by atoms with E-state index in [2.05, 4.69) is 25.3 Å². The molecule has 1 fully saturated rings. The highest BCUT2D eigenvalue weighted by Gasteiger charge is 2.32. The van der Waals surface area contributed by atoms with Crippen LogP contribution >= 0.6 is 0 Å². The van der Waals surface area contributed by atoms with Gasteiger partial charge >= 0.3 is 5.69 Å². The van der Waals surface area contributed by atoms with E-state index >= 15 is 0 Å². The molecule has 0 aromatic carbocycles. The van der Waals surface area contributed by atoms with Gasteiger partial charge in [-0.2, -0.15) is 0 Å². The molecule has 0 bridgehead atoms. The van der Waals surface area contributed by atoms with Gasteiger partial charge in [0.05, 0.1) is 5.39 Å². The van der Waals surface area contributed by atoms with Gasteiger partial charge in [0.1, 0.15) is 23.2 Å². The van der Waals surface area contributed by atoms with Crippen molar-refractivity contribution in [2.45, 2.75) is 13.0 Å². The van der Waals surface area contributed by atoms with Gasteiger partial charge in [-0.3, -0.25) is 19.6 Å². The summed E-state index contributed by atoms with van der Waals surface area (Å²) >= 11 is 0. The molecule has 0 spiro atoms. The second-order valence-corrected chi connectivity index (χ2v) is 6.57.